The zero-order chi connectivity index (χ0) is 22.3. The van der Waals surface area contributed by atoms with Gasteiger partial charge in [-0.15, -0.1) is 0 Å². The molecule has 31 heavy (non-hydrogen) atoms. The molecule has 0 bridgehead atoms. The highest BCUT2D eigenvalue weighted by atomic mass is 35.5. The summed E-state index contributed by atoms with van der Waals surface area (Å²) >= 11 is 5.86. The minimum atomic E-state index is -4.68. The third-order valence-electron chi connectivity index (χ3n) is 4.99. The quantitative estimate of drug-likeness (QED) is 0.478. The molecule has 3 N–H and O–H groups in total. The number of pyridine rings is 1. The Morgan fingerprint density at radius 1 is 1.26 bits per heavy atom. The van der Waals surface area contributed by atoms with Crippen molar-refractivity contribution in [3.8, 4) is 0 Å². The number of allylic oxidation sites excluding steroid dienone is 2. The Hall–Kier alpha value is -3.11. The number of imide groups is 1. The lowest BCUT2D eigenvalue weighted by Gasteiger charge is -2.23. The number of aromatic nitrogens is 2. The molecule has 2 aromatic heterocycles. The van der Waals surface area contributed by atoms with Crippen LogP contribution in [0.25, 0.3) is 16.6 Å². The van der Waals surface area contributed by atoms with E-state index in [9.17, 15) is 22.8 Å². The molecule has 1 unspecified atom stereocenters. The van der Waals surface area contributed by atoms with Crippen LogP contribution in [0.2, 0.25) is 0 Å². The average Bonchev–Trinajstić information content (AvgIpc) is 3.21. The lowest BCUT2D eigenvalue weighted by Crippen LogP contribution is -2.36. The van der Waals surface area contributed by atoms with Gasteiger partial charge in [-0.1, -0.05) is 11.6 Å². The van der Waals surface area contributed by atoms with E-state index in [0.29, 0.717) is 29.6 Å². The first-order valence-electron chi connectivity index (χ1n) is 9.28. The molecule has 4 rings (SSSR count). The van der Waals surface area contributed by atoms with Crippen molar-refractivity contribution in [1.29, 1.82) is 0 Å². The molecule has 0 radical (unpaired) electrons. The SMILES string of the molecule is O=C1NC(=O)C(C2C=C(C(F)(F)F)C=C(Cl)N2)=C1c1cn(CCCO)c2ncccc12. The van der Waals surface area contributed by atoms with Crippen molar-refractivity contribution in [3.63, 3.8) is 0 Å². The summed E-state index contributed by atoms with van der Waals surface area (Å²) in [7, 11) is 0. The fourth-order valence-corrected chi connectivity index (χ4v) is 3.93. The highest BCUT2D eigenvalue weighted by Crippen LogP contribution is 2.36. The van der Waals surface area contributed by atoms with E-state index < -0.39 is 29.6 Å². The summed E-state index contributed by atoms with van der Waals surface area (Å²) in [5.74, 6) is -1.53. The number of fused-ring (bicyclic) bond motifs is 1. The maximum atomic E-state index is 13.3. The average molecular weight is 453 g/mol. The molecule has 2 aromatic rings. The van der Waals surface area contributed by atoms with Crippen molar-refractivity contribution in [3.05, 3.63) is 58.5 Å². The summed E-state index contributed by atoms with van der Waals surface area (Å²) < 4.78 is 41.6. The fourth-order valence-electron chi connectivity index (χ4n) is 3.69. The van der Waals surface area contributed by atoms with Crippen LogP contribution in [0.4, 0.5) is 13.2 Å². The zero-order valence-corrected chi connectivity index (χ0v) is 16.6. The van der Waals surface area contributed by atoms with Crippen LogP contribution in [-0.4, -0.2) is 45.3 Å². The highest BCUT2D eigenvalue weighted by molar-refractivity contribution is 6.38. The predicted octanol–water partition coefficient (Wildman–Crippen LogP) is 2.37. The van der Waals surface area contributed by atoms with Crippen LogP contribution < -0.4 is 10.6 Å². The Morgan fingerprint density at radius 3 is 2.74 bits per heavy atom. The molecule has 1 atom stereocenters. The normalized spacial score (nSPS) is 19.5. The number of hydrogen-bond acceptors (Lipinski definition) is 5. The van der Waals surface area contributed by atoms with Crippen molar-refractivity contribution >= 4 is 40.0 Å². The van der Waals surface area contributed by atoms with E-state index in [0.717, 1.165) is 12.2 Å². The third-order valence-corrected chi connectivity index (χ3v) is 5.21. The monoisotopic (exact) mass is 452 g/mol. The molecule has 11 heteroatoms. The molecule has 2 aliphatic rings. The Bertz CT molecular complexity index is 1180. The number of carbonyl (C=O) groups is 2. The second kappa shape index (κ2) is 7.86. The minimum absolute atomic E-state index is 0.0487. The lowest BCUT2D eigenvalue weighted by atomic mass is 9.94. The van der Waals surface area contributed by atoms with Crippen molar-refractivity contribution in [2.75, 3.05) is 6.61 Å². The van der Waals surface area contributed by atoms with E-state index >= 15 is 0 Å². The number of aliphatic hydroxyl groups excluding tert-OH is 1. The van der Waals surface area contributed by atoms with Crippen LogP contribution in [0.3, 0.4) is 0 Å². The van der Waals surface area contributed by atoms with E-state index in [1.807, 2.05) is 0 Å². The van der Waals surface area contributed by atoms with Gasteiger partial charge in [-0.3, -0.25) is 14.9 Å². The standard InChI is InChI=1S/C20H16ClF3N4O3/c21-14-8-10(20(22,23)24)7-13(26-14)16-15(18(30)27-19(16)31)12-9-28(5-2-6-29)17-11(12)3-1-4-25-17/h1,3-4,7-9,13,26,29H,2,5-6H2,(H,27,30,31). The Morgan fingerprint density at radius 2 is 2.03 bits per heavy atom. The summed E-state index contributed by atoms with van der Waals surface area (Å²) in [6.07, 6.45) is 0.460. The number of dihydropyridines is 1. The maximum Gasteiger partial charge on any atom is 0.416 e. The van der Waals surface area contributed by atoms with Crippen LogP contribution in [-0.2, 0) is 16.1 Å². The topological polar surface area (TPSA) is 96.2 Å². The van der Waals surface area contributed by atoms with Crippen molar-refractivity contribution in [2.45, 2.75) is 25.2 Å². The summed E-state index contributed by atoms with van der Waals surface area (Å²) in [6, 6.07) is 2.09. The summed E-state index contributed by atoms with van der Waals surface area (Å²) in [6.45, 7) is 0.340. The molecule has 7 nitrogen and oxygen atoms in total. The number of hydrogen-bond donors (Lipinski definition) is 3. The molecule has 0 aromatic carbocycles. The fraction of sp³-hybridized carbons (Fsp3) is 0.250. The Balaban J connectivity index is 1.90. The van der Waals surface area contributed by atoms with Gasteiger partial charge in [0.05, 0.1) is 22.8 Å². The van der Waals surface area contributed by atoms with Crippen LogP contribution in [0, 0.1) is 0 Å². The van der Waals surface area contributed by atoms with E-state index in [4.69, 9.17) is 16.7 Å². The van der Waals surface area contributed by atoms with Crippen molar-refractivity contribution in [2.24, 2.45) is 0 Å². The Kier molecular flexibility index (Phi) is 5.36. The van der Waals surface area contributed by atoms with Crippen molar-refractivity contribution in [1.82, 2.24) is 20.2 Å². The second-order valence-electron chi connectivity index (χ2n) is 6.99. The van der Waals surface area contributed by atoms with Gasteiger partial charge in [-0.2, -0.15) is 13.2 Å². The first-order valence-corrected chi connectivity index (χ1v) is 9.66. The number of aliphatic hydroxyl groups is 1. The van der Waals surface area contributed by atoms with Crippen LogP contribution in [0.15, 0.2) is 53.0 Å². The lowest BCUT2D eigenvalue weighted by molar-refractivity contribution is -0.123. The first-order chi connectivity index (χ1) is 14.7. The highest BCUT2D eigenvalue weighted by Gasteiger charge is 2.41. The van der Waals surface area contributed by atoms with E-state index in [2.05, 4.69) is 15.6 Å². The molecule has 2 aliphatic heterocycles. The number of carbonyl (C=O) groups excluding carboxylic acids is 2. The molecular formula is C20H16ClF3N4O3. The van der Waals surface area contributed by atoms with E-state index in [1.165, 1.54) is 0 Å². The zero-order valence-electron chi connectivity index (χ0n) is 15.8. The molecule has 0 aliphatic carbocycles. The molecule has 162 valence electrons. The number of alkyl halides is 3. The van der Waals surface area contributed by atoms with Crippen LogP contribution in [0.5, 0.6) is 0 Å². The van der Waals surface area contributed by atoms with Gasteiger partial charge in [0.1, 0.15) is 10.8 Å². The van der Waals surface area contributed by atoms with Gasteiger partial charge in [-0.25, -0.2) is 4.98 Å². The Labute approximate surface area is 178 Å². The van der Waals surface area contributed by atoms with Gasteiger partial charge in [0.25, 0.3) is 11.8 Å². The third kappa shape index (κ3) is 3.84. The van der Waals surface area contributed by atoms with Crippen LogP contribution >= 0.6 is 11.6 Å². The van der Waals surface area contributed by atoms with E-state index in [1.54, 1.807) is 29.1 Å². The second-order valence-corrected chi connectivity index (χ2v) is 7.40. The summed E-state index contributed by atoms with van der Waals surface area (Å²) in [5.41, 5.74) is -0.359. The molecule has 0 saturated heterocycles. The number of aryl methyl sites for hydroxylation is 1. The van der Waals surface area contributed by atoms with Gasteiger partial charge in [0.15, 0.2) is 0 Å². The first kappa shape index (κ1) is 21.1. The summed E-state index contributed by atoms with van der Waals surface area (Å²) in [5, 5.41) is 14.2. The summed E-state index contributed by atoms with van der Waals surface area (Å²) in [4.78, 5) is 29.6. The van der Waals surface area contributed by atoms with Gasteiger partial charge in [-0.05, 0) is 30.7 Å². The number of halogens is 4. The largest absolute Gasteiger partial charge is 0.416 e. The predicted molar refractivity (Wildman–Crippen MR) is 107 cm³/mol. The molecule has 2 amide bonds. The smallest absolute Gasteiger partial charge is 0.396 e. The van der Waals surface area contributed by atoms with Gasteiger partial charge < -0.3 is 15.0 Å². The molecule has 0 fully saturated rings. The number of nitrogens with one attached hydrogen (secondary N) is 2. The number of nitrogens with zero attached hydrogens (tertiary/aromatic N) is 2. The van der Waals surface area contributed by atoms with Crippen molar-refractivity contribution < 1.29 is 27.9 Å². The van der Waals surface area contributed by atoms with E-state index in [-0.39, 0.29) is 22.9 Å². The van der Waals surface area contributed by atoms with Gasteiger partial charge in [0, 0.05) is 36.5 Å². The minimum Gasteiger partial charge on any atom is -0.396 e. The van der Waals surface area contributed by atoms with Gasteiger partial charge in [0.2, 0.25) is 0 Å². The van der Waals surface area contributed by atoms with Crippen LogP contribution in [0.1, 0.15) is 12.0 Å². The molecule has 4 heterocycles. The number of rotatable bonds is 5. The van der Waals surface area contributed by atoms with Gasteiger partial charge >= 0.3 is 6.18 Å². The molecule has 0 spiro atoms. The maximum absolute atomic E-state index is 13.3. The molecular weight excluding hydrogens is 437 g/mol. The number of amides is 2. The molecule has 0 saturated carbocycles.